The largest absolute Gasteiger partial charge is 0.299 e. The van der Waals surface area contributed by atoms with E-state index >= 15 is 0 Å². The second-order valence-electron chi connectivity index (χ2n) is 4.08. The van der Waals surface area contributed by atoms with Crippen molar-refractivity contribution < 1.29 is 9.59 Å². The zero-order chi connectivity index (χ0) is 13.4. The predicted molar refractivity (Wildman–Crippen MR) is 69.0 cm³/mol. The topological polar surface area (TPSA) is 63.2 Å². The van der Waals surface area contributed by atoms with E-state index in [4.69, 9.17) is 11.6 Å². The van der Waals surface area contributed by atoms with Gasteiger partial charge in [-0.15, -0.1) is 5.10 Å². The third-order valence-corrected chi connectivity index (χ3v) is 3.09. The van der Waals surface area contributed by atoms with Gasteiger partial charge in [0.25, 0.3) is 11.7 Å². The van der Waals surface area contributed by atoms with Crippen LogP contribution in [0, 0.1) is 0 Å². The molecule has 0 bridgehead atoms. The molecule has 1 amide bonds. The summed E-state index contributed by atoms with van der Waals surface area (Å²) in [5, 5.41) is 7.89. The van der Waals surface area contributed by atoms with Gasteiger partial charge in [0, 0.05) is 0 Å². The van der Waals surface area contributed by atoms with Gasteiger partial charge in [-0.05, 0) is 24.3 Å². The normalized spacial score (nSPS) is 13.8. The Bertz CT molecular complexity index is 670. The van der Waals surface area contributed by atoms with E-state index in [9.17, 15) is 9.59 Å². The summed E-state index contributed by atoms with van der Waals surface area (Å²) in [5.74, 6) is -1.03. The highest BCUT2D eigenvalue weighted by atomic mass is 35.5. The van der Waals surface area contributed by atoms with Gasteiger partial charge in [0.05, 0.1) is 23.5 Å². The van der Waals surface area contributed by atoms with Crippen molar-refractivity contribution in [1.82, 2.24) is 10.2 Å². The number of fused-ring (bicyclic) bond motifs is 1. The minimum Gasteiger partial charge on any atom is -0.299 e. The lowest BCUT2D eigenvalue weighted by atomic mass is 10.1. The molecule has 2 aromatic rings. The van der Waals surface area contributed by atoms with Crippen LogP contribution < -0.4 is 4.90 Å². The third-order valence-electron chi connectivity index (χ3n) is 2.89. The van der Waals surface area contributed by atoms with Gasteiger partial charge >= 0.3 is 0 Å². The number of ketones is 1. The Labute approximate surface area is 113 Å². The van der Waals surface area contributed by atoms with Crippen LogP contribution in [0.5, 0.6) is 0 Å². The fourth-order valence-electron chi connectivity index (χ4n) is 2.00. The van der Waals surface area contributed by atoms with Crippen LogP contribution in [-0.4, -0.2) is 21.9 Å². The van der Waals surface area contributed by atoms with Gasteiger partial charge in [0.2, 0.25) is 0 Å². The first-order valence-electron chi connectivity index (χ1n) is 5.60. The average molecular weight is 274 g/mol. The zero-order valence-corrected chi connectivity index (χ0v) is 10.5. The Balaban J connectivity index is 1.95. The first-order valence-corrected chi connectivity index (χ1v) is 5.98. The maximum Gasteiger partial charge on any atom is 0.299 e. The van der Waals surface area contributed by atoms with Crippen LogP contribution in [0.15, 0.2) is 36.4 Å². The molecular weight excluding hydrogens is 266 g/mol. The molecular formula is C13H8ClN3O2. The molecule has 2 heterocycles. The predicted octanol–water partition coefficient (Wildman–Crippen LogP) is 1.86. The summed E-state index contributed by atoms with van der Waals surface area (Å²) < 4.78 is 0. The minimum atomic E-state index is -0.544. The molecule has 3 rings (SSSR count). The third kappa shape index (κ3) is 1.98. The van der Waals surface area contributed by atoms with Crippen LogP contribution in [0.4, 0.5) is 5.69 Å². The summed E-state index contributed by atoms with van der Waals surface area (Å²) in [6.07, 6.45) is 0. The minimum absolute atomic E-state index is 0.200. The van der Waals surface area contributed by atoms with Gasteiger partial charge in [-0.1, -0.05) is 23.7 Å². The number of para-hydroxylation sites is 1. The van der Waals surface area contributed by atoms with Crippen LogP contribution in [-0.2, 0) is 11.3 Å². The zero-order valence-electron chi connectivity index (χ0n) is 9.71. The summed E-state index contributed by atoms with van der Waals surface area (Å²) in [4.78, 5) is 25.1. The van der Waals surface area contributed by atoms with Crippen molar-refractivity contribution in [1.29, 1.82) is 0 Å². The number of Topliss-reactive ketones (excluding diaryl/α,β-unsaturated/α-hetero) is 1. The number of aromatic nitrogens is 2. The van der Waals surface area contributed by atoms with Gasteiger partial charge in [-0.2, -0.15) is 5.10 Å². The monoisotopic (exact) mass is 273 g/mol. The quantitative estimate of drug-likeness (QED) is 0.784. The Morgan fingerprint density at radius 2 is 1.84 bits per heavy atom. The molecule has 0 N–H and O–H groups in total. The van der Waals surface area contributed by atoms with Crippen LogP contribution >= 0.6 is 11.6 Å². The number of rotatable bonds is 2. The maximum atomic E-state index is 11.9. The summed E-state index contributed by atoms with van der Waals surface area (Å²) in [5.41, 5.74) is 1.60. The van der Waals surface area contributed by atoms with E-state index in [1.165, 1.54) is 4.90 Å². The Morgan fingerprint density at radius 3 is 2.58 bits per heavy atom. The highest BCUT2D eigenvalue weighted by molar-refractivity contribution is 6.52. The molecule has 0 aliphatic carbocycles. The molecule has 0 radical (unpaired) electrons. The van der Waals surface area contributed by atoms with Gasteiger partial charge < -0.3 is 0 Å². The molecule has 6 heteroatoms. The van der Waals surface area contributed by atoms with Crippen molar-refractivity contribution in [2.75, 3.05) is 4.90 Å². The smallest absolute Gasteiger partial charge is 0.299 e. The van der Waals surface area contributed by atoms with Crippen LogP contribution in [0.1, 0.15) is 16.1 Å². The fraction of sp³-hybridized carbons (Fsp3) is 0.0769. The van der Waals surface area contributed by atoms with Gasteiger partial charge in [0.15, 0.2) is 5.15 Å². The number of hydrogen-bond donors (Lipinski definition) is 0. The van der Waals surface area contributed by atoms with Crippen molar-refractivity contribution in [3.63, 3.8) is 0 Å². The van der Waals surface area contributed by atoms with E-state index in [0.717, 1.165) is 0 Å². The van der Waals surface area contributed by atoms with E-state index in [2.05, 4.69) is 10.2 Å². The lowest BCUT2D eigenvalue weighted by Gasteiger charge is -2.15. The molecule has 1 aromatic heterocycles. The average Bonchev–Trinajstić information content (AvgIpc) is 2.67. The van der Waals surface area contributed by atoms with E-state index in [-0.39, 0.29) is 11.7 Å². The number of halogens is 1. The van der Waals surface area contributed by atoms with Gasteiger partial charge in [0.1, 0.15) is 0 Å². The highest BCUT2D eigenvalue weighted by Crippen LogP contribution is 2.29. The van der Waals surface area contributed by atoms with Crippen molar-refractivity contribution in [2.45, 2.75) is 6.54 Å². The molecule has 0 atom stereocenters. The van der Waals surface area contributed by atoms with Crippen LogP contribution in [0.3, 0.4) is 0 Å². The molecule has 1 aliphatic rings. The molecule has 0 saturated carbocycles. The Morgan fingerprint density at radius 1 is 1.05 bits per heavy atom. The molecule has 94 valence electrons. The molecule has 0 saturated heterocycles. The van der Waals surface area contributed by atoms with E-state index in [1.54, 1.807) is 36.4 Å². The van der Waals surface area contributed by atoms with E-state index < -0.39 is 11.7 Å². The molecule has 1 aromatic carbocycles. The molecule has 5 nitrogen and oxygen atoms in total. The number of benzene rings is 1. The van der Waals surface area contributed by atoms with Crippen molar-refractivity contribution in [2.24, 2.45) is 0 Å². The summed E-state index contributed by atoms with van der Waals surface area (Å²) >= 11 is 5.65. The lowest BCUT2D eigenvalue weighted by molar-refractivity contribution is -0.114. The molecule has 0 unspecified atom stereocenters. The Kier molecular flexibility index (Phi) is 2.76. The second-order valence-corrected chi connectivity index (χ2v) is 4.47. The standard InChI is InChI=1S/C13H8ClN3O2/c14-11-6-5-8(15-16-11)7-17-10-4-2-1-3-9(10)12(18)13(17)19/h1-6H,7H2. The van der Waals surface area contributed by atoms with Crippen molar-refractivity contribution in [3.05, 3.63) is 52.8 Å². The SMILES string of the molecule is O=C1C(=O)N(Cc2ccc(Cl)nn2)c2ccccc21. The number of anilines is 1. The number of carbonyl (C=O) groups excluding carboxylic acids is 2. The molecule has 1 aliphatic heterocycles. The second kappa shape index (κ2) is 4.44. The maximum absolute atomic E-state index is 11.9. The number of nitrogens with zero attached hydrogens (tertiary/aromatic N) is 3. The number of hydrogen-bond acceptors (Lipinski definition) is 4. The van der Waals surface area contributed by atoms with Gasteiger partial charge in [-0.25, -0.2) is 0 Å². The first kappa shape index (κ1) is 11.8. The van der Waals surface area contributed by atoms with Crippen LogP contribution in [0.2, 0.25) is 5.15 Å². The summed E-state index contributed by atoms with van der Waals surface area (Å²) in [7, 11) is 0. The summed E-state index contributed by atoms with van der Waals surface area (Å²) in [6, 6.07) is 10.2. The highest BCUT2D eigenvalue weighted by Gasteiger charge is 2.35. The van der Waals surface area contributed by atoms with E-state index in [1.807, 2.05) is 0 Å². The van der Waals surface area contributed by atoms with Crippen LogP contribution in [0.25, 0.3) is 0 Å². The fourth-order valence-corrected chi connectivity index (χ4v) is 2.10. The molecule has 19 heavy (non-hydrogen) atoms. The summed E-state index contributed by atoms with van der Waals surface area (Å²) in [6.45, 7) is 0.200. The van der Waals surface area contributed by atoms with Crippen molar-refractivity contribution >= 4 is 29.0 Å². The van der Waals surface area contributed by atoms with Crippen molar-refractivity contribution in [3.8, 4) is 0 Å². The Hall–Kier alpha value is -2.27. The van der Waals surface area contributed by atoms with Gasteiger partial charge in [-0.3, -0.25) is 14.5 Å². The number of amides is 1. The number of carbonyl (C=O) groups is 2. The van der Waals surface area contributed by atoms with E-state index in [0.29, 0.717) is 16.9 Å². The lowest BCUT2D eigenvalue weighted by Crippen LogP contribution is -2.29. The molecule has 0 spiro atoms. The molecule has 0 fully saturated rings. The first-order chi connectivity index (χ1) is 9.16.